The van der Waals surface area contributed by atoms with E-state index < -0.39 is 27.8 Å². The molecule has 0 radical (unpaired) electrons. The van der Waals surface area contributed by atoms with E-state index >= 15 is 0 Å². The van der Waals surface area contributed by atoms with Gasteiger partial charge in [0.05, 0.1) is 12.6 Å². The van der Waals surface area contributed by atoms with Gasteiger partial charge < -0.3 is 15.1 Å². The number of sulfonamides is 1. The molecule has 2 heterocycles. The monoisotopic (exact) mass is 450 g/mol. The molecule has 0 amide bonds. The van der Waals surface area contributed by atoms with E-state index in [-0.39, 0.29) is 36.0 Å². The molecule has 0 saturated carbocycles. The number of anilines is 1. The van der Waals surface area contributed by atoms with Crippen molar-refractivity contribution in [3.8, 4) is 0 Å². The lowest BCUT2D eigenvalue weighted by Crippen LogP contribution is -2.56. The molecule has 1 aliphatic heterocycles. The molecule has 2 atom stereocenters. The lowest BCUT2D eigenvalue weighted by Gasteiger charge is -2.41. The first-order chi connectivity index (χ1) is 13.5. The summed E-state index contributed by atoms with van der Waals surface area (Å²) < 4.78 is 66.0. The van der Waals surface area contributed by atoms with Gasteiger partial charge in [0.25, 0.3) is 10.0 Å². The lowest BCUT2D eigenvalue weighted by molar-refractivity contribution is -0.258. The Morgan fingerprint density at radius 2 is 1.83 bits per heavy atom. The summed E-state index contributed by atoms with van der Waals surface area (Å²) in [5.74, 6) is 0. The molecule has 6 nitrogen and oxygen atoms in total. The van der Waals surface area contributed by atoms with Crippen molar-refractivity contribution in [1.29, 1.82) is 0 Å². The number of hydrogen-bond donors (Lipinski definition) is 2. The minimum Gasteiger partial charge on any atom is -0.394 e. The maximum absolute atomic E-state index is 13.0. The number of rotatable bonds is 5. The Labute approximate surface area is 170 Å². The number of hydrogen-bond acceptors (Lipinski definition) is 6. The highest BCUT2D eigenvalue weighted by atomic mass is 32.2. The van der Waals surface area contributed by atoms with Crippen LogP contribution in [-0.2, 0) is 15.6 Å². The fourth-order valence-electron chi connectivity index (χ4n) is 3.22. The molecule has 1 saturated heterocycles. The summed E-state index contributed by atoms with van der Waals surface area (Å²) in [7, 11) is -3.65. The van der Waals surface area contributed by atoms with Gasteiger partial charge in [0.1, 0.15) is 4.21 Å². The number of halogens is 3. The Morgan fingerprint density at radius 3 is 2.34 bits per heavy atom. The van der Waals surface area contributed by atoms with Crippen molar-refractivity contribution < 1.29 is 31.8 Å². The first kappa shape index (κ1) is 22.0. The van der Waals surface area contributed by atoms with Crippen LogP contribution in [0.2, 0.25) is 0 Å². The van der Waals surface area contributed by atoms with Gasteiger partial charge in [-0.3, -0.25) is 0 Å². The highest BCUT2D eigenvalue weighted by molar-refractivity contribution is 7.91. The zero-order valence-electron chi connectivity index (χ0n) is 15.5. The fraction of sp³-hybridized carbons (Fsp3) is 0.444. The average molecular weight is 451 g/mol. The summed E-state index contributed by atoms with van der Waals surface area (Å²) in [6.45, 7) is 0.869. The van der Waals surface area contributed by atoms with Crippen molar-refractivity contribution in [2.75, 3.05) is 31.1 Å². The molecule has 3 rings (SSSR count). The second-order valence-corrected chi connectivity index (χ2v) is 10.1. The standard InChI is InChI=1S/C18H21F3N2O4S2/c1-17(25,18(19,20)21)13-4-6-14(7-5-13)23-9-8-22(11-15(23)12-24)29(26,27)16-3-2-10-28-16/h2-7,10,15,24-25H,8-9,11-12H2,1H3/t15-,17?/m1/s1. The largest absolute Gasteiger partial charge is 0.421 e. The molecule has 1 fully saturated rings. The van der Waals surface area contributed by atoms with E-state index in [4.69, 9.17) is 0 Å². The Kier molecular flexibility index (Phi) is 5.98. The smallest absolute Gasteiger partial charge is 0.394 e. The van der Waals surface area contributed by atoms with Crippen LogP contribution in [0.3, 0.4) is 0 Å². The molecule has 160 valence electrons. The van der Waals surface area contributed by atoms with E-state index in [1.165, 1.54) is 34.6 Å². The number of thiophene rings is 1. The Morgan fingerprint density at radius 1 is 1.17 bits per heavy atom. The third-order valence-corrected chi connectivity index (χ3v) is 8.30. The zero-order chi connectivity index (χ0) is 21.4. The van der Waals surface area contributed by atoms with E-state index in [2.05, 4.69) is 0 Å². The Bertz CT molecular complexity index is 929. The summed E-state index contributed by atoms with van der Waals surface area (Å²) in [6.07, 6.45) is -4.82. The zero-order valence-corrected chi connectivity index (χ0v) is 17.1. The van der Waals surface area contributed by atoms with Crippen LogP contribution in [-0.4, -0.2) is 61.4 Å². The van der Waals surface area contributed by atoms with Gasteiger partial charge in [-0.2, -0.15) is 17.5 Å². The number of alkyl halides is 3. The highest BCUT2D eigenvalue weighted by Crippen LogP contribution is 2.39. The van der Waals surface area contributed by atoms with Crippen LogP contribution in [0.25, 0.3) is 0 Å². The van der Waals surface area contributed by atoms with Gasteiger partial charge in [0, 0.05) is 25.3 Å². The summed E-state index contributed by atoms with van der Waals surface area (Å²) in [5, 5.41) is 21.2. The molecule has 0 bridgehead atoms. The van der Waals surface area contributed by atoms with Crippen molar-refractivity contribution >= 4 is 27.0 Å². The first-order valence-electron chi connectivity index (χ1n) is 8.79. The molecule has 1 aliphatic rings. The molecule has 1 aromatic heterocycles. The molecule has 2 N–H and O–H groups in total. The Balaban J connectivity index is 1.79. The van der Waals surface area contributed by atoms with E-state index in [1.807, 2.05) is 0 Å². The molecule has 0 spiro atoms. The van der Waals surface area contributed by atoms with Crippen molar-refractivity contribution in [2.24, 2.45) is 0 Å². The normalized spacial score (nSPS) is 21.2. The van der Waals surface area contributed by atoms with Crippen LogP contribution in [0.4, 0.5) is 18.9 Å². The van der Waals surface area contributed by atoms with Gasteiger partial charge in [-0.15, -0.1) is 11.3 Å². The molecule has 2 aromatic rings. The van der Waals surface area contributed by atoms with Gasteiger partial charge in [0.2, 0.25) is 0 Å². The number of nitrogens with zero attached hydrogens (tertiary/aromatic N) is 2. The molecular weight excluding hydrogens is 429 g/mol. The van der Waals surface area contributed by atoms with Crippen molar-refractivity contribution in [3.05, 3.63) is 47.3 Å². The second kappa shape index (κ2) is 7.88. The highest BCUT2D eigenvalue weighted by Gasteiger charge is 2.51. The number of aliphatic hydroxyl groups is 2. The molecule has 0 aliphatic carbocycles. The second-order valence-electron chi connectivity index (χ2n) is 6.94. The van der Waals surface area contributed by atoms with Gasteiger partial charge in [-0.25, -0.2) is 8.42 Å². The first-order valence-corrected chi connectivity index (χ1v) is 11.1. The topological polar surface area (TPSA) is 81.1 Å². The molecule has 11 heteroatoms. The SMILES string of the molecule is CC(O)(c1ccc(N2CCN(S(=O)(=O)c3cccs3)C[C@@H]2CO)cc1)C(F)(F)F. The van der Waals surface area contributed by atoms with Crippen LogP contribution < -0.4 is 4.90 Å². The number of piperazine rings is 1. The van der Waals surface area contributed by atoms with Crippen LogP contribution >= 0.6 is 11.3 Å². The van der Waals surface area contributed by atoms with E-state index in [9.17, 15) is 31.8 Å². The average Bonchev–Trinajstić information content (AvgIpc) is 3.22. The van der Waals surface area contributed by atoms with Crippen molar-refractivity contribution in [1.82, 2.24) is 4.31 Å². The van der Waals surface area contributed by atoms with E-state index in [1.54, 1.807) is 16.3 Å². The minimum absolute atomic E-state index is 0.0543. The number of aliphatic hydroxyl groups excluding tert-OH is 1. The molecule has 1 aromatic carbocycles. The van der Waals surface area contributed by atoms with Crippen molar-refractivity contribution in [3.63, 3.8) is 0 Å². The minimum atomic E-state index is -4.82. The third-order valence-electron chi connectivity index (χ3n) is 5.06. The van der Waals surface area contributed by atoms with Crippen LogP contribution in [0, 0.1) is 0 Å². The van der Waals surface area contributed by atoms with Gasteiger partial charge in [-0.1, -0.05) is 18.2 Å². The maximum atomic E-state index is 13.0. The molecular formula is C18H21F3N2O4S2. The lowest BCUT2D eigenvalue weighted by atomic mass is 9.95. The summed E-state index contributed by atoms with van der Waals surface area (Å²) in [5.41, 5.74) is -2.73. The molecule has 29 heavy (non-hydrogen) atoms. The quantitative estimate of drug-likeness (QED) is 0.731. The van der Waals surface area contributed by atoms with Gasteiger partial charge in [0.15, 0.2) is 5.60 Å². The van der Waals surface area contributed by atoms with Crippen LogP contribution in [0.15, 0.2) is 46.0 Å². The third kappa shape index (κ3) is 4.15. The summed E-state index contributed by atoms with van der Waals surface area (Å²) in [4.78, 5) is 1.76. The molecule has 1 unspecified atom stereocenters. The maximum Gasteiger partial charge on any atom is 0.421 e. The van der Waals surface area contributed by atoms with Crippen LogP contribution in [0.1, 0.15) is 12.5 Å². The fourth-order valence-corrected chi connectivity index (χ4v) is 5.83. The number of benzene rings is 1. The summed E-state index contributed by atoms with van der Waals surface area (Å²) >= 11 is 1.11. The van der Waals surface area contributed by atoms with Gasteiger partial charge >= 0.3 is 6.18 Å². The van der Waals surface area contributed by atoms with E-state index in [0.29, 0.717) is 12.6 Å². The van der Waals surface area contributed by atoms with E-state index in [0.717, 1.165) is 11.3 Å². The van der Waals surface area contributed by atoms with Gasteiger partial charge in [-0.05, 0) is 36.1 Å². The van der Waals surface area contributed by atoms with Crippen molar-refractivity contribution in [2.45, 2.75) is 29.0 Å². The Hall–Kier alpha value is -1.66. The van der Waals surface area contributed by atoms with Crippen LogP contribution in [0.5, 0.6) is 0 Å². The summed E-state index contributed by atoms with van der Waals surface area (Å²) in [6, 6.07) is 7.86. The predicted octanol–water partition coefficient (Wildman–Crippen LogP) is 2.39. The predicted molar refractivity (Wildman–Crippen MR) is 103 cm³/mol.